The fourth-order valence-electron chi connectivity index (χ4n) is 6.93. The molecule has 10 nitrogen and oxygen atoms in total. The maximum absolute atomic E-state index is 14.1. The van der Waals surface area contributed by atoms with Crippen molar-refractivity contribution in [2.75, 3.05) is 19.6 Å². The molecule has 4 amide bonds. The van der Waals surface area contributed by atoms with Gasteiger partial charge in [0.2, 0.25) is 17.7 Å². The second-order valence-electron chi connectivity index (χ2n) is 12.0. The Labute approximate surface area is 239 Å². The number of nitriles is 1. The molecule has 3 aliphatic carbocycles. The molecular formula is C30H38FN5O5. The second-order valence-corrected chi connectivity index (χ2v) is 12.0. The summed E-state index contributed by atoms with van der Waals surface area (Å²) in [5.41, 5.74) is -0.512. The smallest absolute Gasteiger partial charge is 0.411 e. The lowest BCUT2D eigenvalue weighted by molar-refractivity contribution is -0.147. The van der Waals surface area contributed by atoms with Crippen molar-refractivity contribution in [3.8, 4) is 6.07 Å². The van der Waals surface area contributed by atoms with Crippen LogP contribution in [0.5, 0.6) is 0 Å². The van der Waals surface area contributed by atoms with E-state index < -0.39 is 41.2 Å². The minimum absolute atomic E-state index is 0.0350. The van der Waals surface area contributed by atoms with Gasteiger partial charge in [0.25, 0.3) is 0 Å². The molecule has 5 fully saturated rings. The molecule has 6 rings (SSSR count). The summed E-state index contributed by atoms with van der Waals surface area (Å²) in [7, 11) is 0. The molecule has 2 bridgehead atoms. The predicted molar refractivity (Wildman–Crippen MR) is 146 cm³/mol. The van der Waals surface area contributed by atoms with E-state index >= 15 is 0 Å². The summed E-state index contributed by atoms with van der Waals surface area (Å²) in [5.74, 6) is -0.750. The molecule has 2 heterocycles. The third kappa shape index (κ3) is 6.02. The predicted octanol–water partition coefficient (Wildman–Crippen LogP) is 2.97. The Morgan fingerprint density at radius 1 is 1.12 bits per heavy atom. The minimum Gasteiger partial charge on any atom is -0.445 e. The monoisotopic (exact) mass is 567 g/mol. The first kappa shape index (κ1) is 28.8. The lowest BCUT2D eigenvalue weighted by Crippen LogP contribution is -2.63. The third-order valence-electron chi connectivity index (χ3n) is 9.54. The Morgan fingerprint density at radius 3 is 2.51 bits per heavy atom. The Morgan fingerprint density at radius 2 is 1.83 bits per heavy atom. The normalized spacial score (nSPS) is 31.0. The number of nitrogens with one attached hydrogen (secondary N) is 2. The van der Waals surface area contributed by atoms with Gasteiger partial charge in [0, 0.05) is 23.9 Å². The standard InChI is InChI=1S/C30H38FN5O5/c31-22-16-23(17-32)35(18-22)25(37)19-36(28(40)41-20-21-6-2-1-3-7-21)30-12-9-29(10-13-30,11-14-30)27(39)34-24-8-4-5-15-33-26(24)38/h1-3,6-7,22-24H,4-5,8-16,18-20H2,(H,33,38)(H,34,39)/t22-,23-,24-,29?,30?/m0/s1. The third-order valence-corrected chi connectivity index (χ3v) is 9.54. The lowest BCUT2D eigenvalue weighted by Gasteiger charge is -2.56. The first-order valence-electron chi connectivity index (χ1n) is 14.7. The van der Waals surface area contributed by atoms with Gasteiger partial charge in [-0.2, -0.15) is 5.26 Å². The van der Waals surface area contributed by atoms with Crippen molar-refractivity contribution < 1.29 is 28.3 Å². The number of benzene rings is 1. The first-order chi connectivity index (χ1) is 19.7. The van der Waals surface area contributed by atoms with Gasteiger partial charge >= 0.3 is 6.09 Å². The van der Waals surface area contributed by atoms with E-state index in [1.54, 1.807) is 0 Å². The van der Waals surface area contributed by atoms with Gasteiger partial charge in [-0.15, -0.1) is 0 Å². The number of fused-ring (bicyclic) bond motifs is 3. The number of nitrogens with zero attached hydrogens (tertiary/aromatic N) is 3. The molecule has 5 aliphatic rings. The molecule has 2 aliphatic heterocycles. The second kappa shape index (κ2) is 12.0. The van der Waals surface area contributed by atoms with Crippen LogP contribution in [-0.4, -0.2) is 77.0 Å². The van der Waals surface area contributed by atoms with Crippen molar-refractivity contribution >= 4 is 23.8 Å². The number of halogens is 1. The van der Waals surface area contributed by atoms with Gasteiger partial charge in [0.15, 0.2) is 0 Å². The quantitative estimate of drug-likeness (QED) is 0.521. The van der Waals surface area contributed by atoms with Crippen LogP contribution in [0.3, 0.4) is 0 Å². The highest BCUT2D eigenvalue weighted by Crippen LogP contribution is 2.55. The maximum atomic E-state index is 14.1. The van der Waals surface area contributed by atoms with Crippen LogP contribution in [0.15, 0.2) is 30.3 Å². The van der Waals surface area contributed by atoms with Crippen molar-refractivity contribution in [1.29, 1.82) is 5.26 Å². The van der Waals surface area contributed by atoms with E-state index in [0.29, 0.717) is 51.5 Å². The number of hydrogen-bond donors (Lipinski definition) is 2. The summed E-state index contributed by atoms with van der Waals surface area (Å²) in [6.45, 7) is 0.161. The Kier molecular flexibility index (Phi) is 8.47. The van der Waals surface area contributed by atoms with Crippen LogP contribution in [0.1, 0.15) is 69.8 Å². The molecule has 0 aromatic heterocycles. The topological polar surface area (TPSA) is 132 Å². The summed E-state index contributed by atoms with van der Waals surface area (Å²) >= 11 is 0. The Hall–Kier alpha value is -3.68. The van der Waals surface area contributed by atoms with Crippen LogP contribution >= 0.6 is 0 Å². The highest BCUT2D eigenvalue weighted by atomic mass is 19.1. The summed E-state index contributed by atoms with van der Waals surface area (Å²) in [6.07, 6.45) is 3.45. The van der Waals surface area contributed by atoms with Gasteiger partial charge < -0.3 is 20.3 Å². The molecule has 0 unspecified atom stereocenters. The van der Waals surface area contributed by atoms with E-state index in [1.165, 1.54) is 9.80 Å². The average Bonchev–Trinajstić information content (AvgIpc) is 3.27. The van der Waals surface area contributed by atoms with Gasteiger partial charge in [-0.25, -0.2) is 9.18 Å². The van der Waals surface area contributed by atoms with Crippen LogP contribution in [0, 0.1) is 16.7 Å². The zero-order valence-electron chi connectivity index (χ0n) is 23.3. The van der Waals surface area contributed by atoms with E-state index in [9.17, 15) is 28.8 Å². The summed E-state index contributed by atoms with van der Waals surface area (Å²) in [5, 5.41) is 15.3. The fourth-order valence-corrected chi connectivity index (χ4v) is 6.93. The average molecular weight is 568 g/mol. The molecular weight excluding hydrogens is 529 g/mol. The highest BCUT2D eigenvalue weighted by Gasteiger charge is 2.56. The van der Waals surface area contributed by atoms with Gasteiger partial charge in [-0.05, 0) is 63.4 Å². The lowest BCUT2D eigenvalue weighted by atomic mass is 9.56. The summed E-state index contributed by atoms with van der Waals surface area (Å²) in [6, 6.07) is 9.83. The number of carbonyl (C=O) groups is 4. The zero-order valence-corrected chi connectivity index (χ0v) is 23.3. The van der Waals surface area contributed by atoms with E-state index in [1.807, 2.05) is 36.4 Å². The Bertz CT molecular complexity index is 1180. The minimum atomic E-state index is -1.28. The molecule has 0 radical (unpaired) electrons. The van der Waals surface area contributed by atoms with Gasteiger partial charge in [0.05, 0.1) is 12.6 Å². The molecule has 1 aromatic carbocycles. The highest BCUT2D eigenvalue weighted by molar-refractivity contribution is 5.90. The number of amides is 4. The number of hydrogen-bond acceptors (Lipinski definition) is 6. The molecule has 3 atom stereocenters. The molecule has 2 saturated heterocycles. The molecule has 41 heavy (non-hydrogen) atoms. The van der Waals surface area contributed by atoms with Crippen LogP contribution < -0.4 is 10.6 Å². The number of rotatable bonds is 7. The van der Waals surface area contributed by atoms with Crippen LogP contribution in [0.4, 0.5) is 9.18 Å². The molecule has 2 N–H and O–H groups in total. The van der Waals surface area contributed by atoms with E-state index in [4.69, 9.17) is 4.74 Å². The van der Waals surface area contributed by atoms with Gasteiger partial charge in [-0.1, -0.05) is 30.3 Å². The fraction of sp³-hybridized carbons (Fsp3) is 0.633. The molecule has 220 valence electrons. The van der Waals surface area contributed by atoms with Crippen LogP contribution in [0.25, 0.3) is 0 Å². The molecule has 11 heteroatoms. The zero-order chi connectivity index (χ0) is 29.0. The van der Waals surface area contributed by atoms with Crippen molar-refractivity contribution in [3.63, 3.8) is 0 Å². The first-order valence-corrected chi connectivity index (χ1v) is 14.7. The SMILES string of the molecule is N#C[C@@H]1C[C@H](F)CN1C(=O)CN(C(=O)OCc1ccccc1)C12CCC(C(=O)N[C@H]3CCCCNC3=O)(CC1)CC2. The molecule has 0 spiro atoms. The number of alkyl halides is 1. The summed E-state index contributed by atoms with van der Waals surface area (Å²) < 4.78 is 19.8. The number of likely N-dealkylation sites (tertiary alicyclic amines) is 1. The Balaban J connectivity index is 1.30. The van der Waals surface area contributed by atoms with E-state index in [2.05, 4.69) is 10.6 Å². The van der Waals surface area contributed by atoms with E-state index in [-0.39, 0.29) is 37.9 Å². The van der Waals surface area contributed by atoms with Crippen molar-refractivity contribution in [1.82, 2.24) is 20.4 Å². The van der Waals surface area contributed by atoms with Gasteiger partial charge in [-0.3, -0.25) is 19.3 Å². The largest absolute Gasteiger partial charge is 0.445 e. The molecule has 1 aromatic rings. The van der Waals surface area contributed by atoms with Gasteiger partial charge in [0.1, 0.15) is 31.4 Å². The summed E-state index contributed by atoms with van der Waals surface area (Å²) in [4.78, 5) is 55.6. The van der Waals surface area contributed by atoms with Crippen molar-refractivity contribution in [2.45, 2.75) is 94.6 Å². The number of carbonyl (C=O) groups excluding carboxylic acids is 4. The van der Waals surface area contributed by atoms with Crippen molar-refractivity contribution in [2.24, 2.45) is 5.41 Å². The van der Waals surface area contributed by atoms with Crippen LogP contribution in [0.2, 0.25) is 0 Å². The maximum Gasteiger partial charge on any atom is 0.411 e. The molecule has 3 saturated carbocycles. The van der Waals surface area contributed by atoms with Crippen LogP contribution in [-0.2, 0) is 25.7 Å². The van der Waals surface area contributed by atoms with E-state index in [0.717, 1.165) is 18.4 Å². The van der Waals surface area contributed by atoms with Crippen molar-refractivity contribution in [3.05, 3.63) is 35.9 Å². The number of ether oxygens (including phenoxy) is 1.